The first-order chi connectivity index (χ1) is 10.1. The number of morpholine rings is 1. The van der Waals surface area contributed by atoms with E-state index in [1.54, 1.807) is 28.6 Å². The third kappa shape index (κ3) is 2.73. The van der Waals surface area contributed by atoms with Gasteiger partial charge < -0.3 is 9.84 Å². The molecule has 0 bridgehead atoms. The molecule has 21 heavy (non-hydrogen) atoms. The molecular formula is C15H21NO4S. The van der Waals surface area contributed by atoms with Crippen molar-refractivity contribution in [1.29, 1.82) is 0 Å². The summed E-state index contributed by atoms with van der Waals surface area (Å²) in [7, 11) is -3.58. The lowest BCUT2D eigenvalue weighted by molar-refractivity contribution is -0.0586. The summed E-state index contributed by atoms with van der Waals surface area (Å²) in [5.41, 5.74) is 0.455. The number of benzene rings is 1. The second-order valence-electron chi connectivity index (χ2n) is 5.64. The number of aliphatic hydroxyl groups is 1. The predicted octanol–water partition coefficient (Wildman–Crippen LogP) is 1.51. The van der Waals surface area contributed by atoms with Crippen LogP contribution in [-0.2, 0) is 21.4 Å². The zero-order valence-corrected chi connectivity index (χ0v) is 12.8. The fourth-order valence-electron chi connectivity index (χ4n) is 3.37. The van der Waals surface area contributed by atoms with Crippen LogP contribution in [0.4, 0.5) is 0 Å². The van der Waals surface area contributed by atoms with E-state index < -0.39 is 10.0 Å². The Morgan fingerprint density at radius 2 is 2.00 bits per heavy atom. The fourth-order valence-corrected chi connectivity index (χ4v) is 5.25. The van der Waals surface area contributed by atoms with Gasteiger partial charge in [0.1, 0.15) is 0 Å². The van der Waals surface area contributed by atoms with Crippen molar-refractivity contribution in [3.8, 4) is 0 Å². The lowest BCUT2D eigenvalue weighted by Gasteiger charge is -2.42. The second-order valence-corrected chi connectivity index (χ2v) is 7.50. The van der Waals surface area contributed by atoms with Gasteiger partial charge in [0.2, 0.25) is 10.0 Å². The first-order valence-corrected chi connectivity index (χ1v) is 8.91. The van der Waals surface area contributed by atoms with E-state index in [9.17, 15) is 13.5 Å². The van der Waals surface area contributed by atoms with E-state index in [0.29, 0.717) is 18.7 Å². The zero-order valence-electron chi connectivity index (χ0n) is 11.9. The zero-order chi connectivity index (χ0) is 14.9. The summed E-state index contributed by atoms with van der Waals surface area (Å²) in [4.78, 5) is 0.221. The maximum atomic E-state index is 13.0. The molecule has 1 N–H and O–H groups in total. The Labute approximate surface area is 125 Å². The molecule has 0 aromatic heterocycles. The minimum Gasteiger partial charge on any atom is -0.392 e. The number of aliphatic hydroxyl groups excluding tert-OH is 1. The molecular weight excluding hydrogens is 290 g/mol. The first kappa shape index (κ1) is 15.0. The molecule has 2 unspecified atom stereocenters. The van der Waals surface area contributed by atoms with Crippen LogP contribution in [0, 0.1) is 0 Å². The van der Waals surface area contributed by atoms with Crippen molar-refractivity contribution < 1.29 is 18.3 Å². The molecule has 1 aliphatic heterocycles. The van der Waals surface area contributed by atoms with Crippen molar-refractivity contribution in [2.75, 3.05) is 13.2 Å². The topological polar surface area (TPSA) is 66.8 Å². The standard InChI is InChI=1S/C15H21NO4S/c17-11-12-5-1-4-8-15(12)21(18,19)16-9-10-20-14-7-3-2-6-13(14)16/h1,4-5,8,13-14,17H,2-3,6-7,9-11H2. The molecule has 1 heterocycles. The number of fused-ring (bicyclic) bond motifs is 1. The van der Waals surface area contributed by atoms with Gasteiger partial charge in [-0.1, -0.05) is 31.0 Å². The number of ether oxygens (including phenoxy) is 1. The Kier molecular flexibility index (Phi) is 4.31. The fraction of sp³-hybridized carbons (Fsp3) is 0.600. The maximum Gasteiger partial charge on any atom is 0.243 e. The van der Waals surface area contributed by atoms with Gasteiger partial charge in [-0.2, -0.15) is 4.31 Å². The van der Waals surface area contributed by atoms with Gasteiger partial charge in [0.15, 0.2) is 0 Å². The van der Waals surface area contributed by atoms with Crippen LogP contribution in [0.2, 0.25) is 0 Å². The maximum absolute atomic E-state index is 13.0. The van der Waals surface area contributed by atoms with Gasteiger partial charge in [-0.25, -0.2) is 8.42 Å². The summed E-state index contributed by atoms with van der Waals surface area (Å²) in [6.45, 7) is 0.568. The van der Waals surface area contributed by atoms with Crippen molar-refractivity contribution >= 4 is 10.0 Å². The second kappa shape index (κ2) is 6.04. The summed E-state index contributed by atoms with van der Waals surface area (Å²) >= 11 is 0. The van der Waals surface area contributed by atoms with Crippen molar-refractivity contribution in [3.63, 3.8) is 0 Å². The van der Waals surface area contributed by atoms with E-state index in [1.165, 1.54) is 0 Å². The Hall–Kier alpha value is -0.950. The lowest BCUT2D eigenvalue weighted by Crippen LogP contribution is -2.54. The Morgan fingerprint density at radius 3 is 2.81 bits per heavy atom. The minimum absolute atomic E-state index is 0.0172. The molecule has 0 spiro atoms. The van der Waals surface area contributed by atoms with Gasteiger partial charge in [-0.15, -0.1) is 0 Å². The number of sulfonamides is 1. The largest absolute Gasteiger partial charge is 0.392 e. The van der Waals surface area contributed by atoms with Crippen LogP contribution in [-0.4, -0.2) is 43.1 Å². The number of rotatable bonds is 3. The number of hydrogen-bond acceptors (Lipinski definition) is 4. The van der Waals surface area contributed by atoms with Gasteiger partial charge in [0.05, 0.1) is 30.3 Å². The molecule has 1 aromatic rings. The van der Waals surface area contributed by atoms with Crippen molar-refractivity contribution in [3.05, 3.63) is 29.8 Å². The van der Waals surface area contributed by atoms with Crippen LogP contribution >= 0.6 is 0 Å². The Bertz CT molecular complexity index is 599. The van der Waals surface area contributed by atoms with E-state index in [2.05, 4.69) is 0 Å². The van der Waals surface area contributed by atoms with E-state index in [-0.39, 0.29) is 23.6 Å². The SMILES string of the molecule is O=S(=O)(c1ccccc1CO)N1CCOC2CCCCC21. The molecule has 1 aromatic carbocycles. The minimum atomic E-state index is -3.58. The highest BCUT2D eigenvalue weighted by atomic mass is 32.2. The molecule has 1 saturated carbocycles. The van der Waals surface area contributed by atoms with Gasteiger partial charge in [0.25, 0.3) is 0 Å². The highest BCUT2D eigenvalue weighted by Gasteiger charge is 2.41. The Morgan fingerprint density at radius 1 is 1.24 bits per heavy atom. The molecule has 0 amide bonds. The molecule has 2 fully saturated rings. The Balaban J connectivity index is 1.96. The highest BCUT2D eigenvalue weighted by Crippen LogP contribution is 2.33. The van der Waals surface area contributed by atoms with Gasteiger partial charge >= 0.3 is 0 Å². The molecule has 2 atom stereocenters. The average molecular weight is 311 g/mol. The van der Waals surface area contributed by atoms with Crippen LogP contribution in [0.25, 0.3) is 0 Å². The first-order valence-electron chi connectivity index (χ1n) is 7.47. The summed E-state index contributed by atoms with van der Waals surface area (Å²) in [6, 6.07) is 6.61. The molecule has 116 valence electrons. The summed E-state index contributed by atoms with van der Waals surface area (Å²) in [5.74, 6) is 0. The van der Waals surface area contributed by atoms with Gasteiger partial charge in [-0.3, -0.25) is 0 Å². The normalized spacial score (nSPS) is 27.3. The molecule has 1 saturated heterocycles. The molecule has 1 aliphatic carbocycles. The van der Waals surface area contributed by atoms with E-state index in [0.717, 1.165) is 25.7 Å². The van der Waals surface area contributed by atoms with Crippen LogP contribution in [0.5, 0.6) is 0 Å². The van der Waals surface area contributed by atoms with E-state index >= 15 is 0 Å². The van der Waals surface area contributed by atoms with Crippen LogP contribution < -0.4 is 0 Å². The summed E-state index contributed by atoms with van der Waals surface area (Å²) in [5, 5.41) is 9.40. The lowest BCUT2D eigenvalue weighted by atomic mass is 9.91. The van der Waals surface area contributed by atoms with Crippen LogP contribution in [0.1, 0.15) is 31.2 Å². The molecule has 6 heteroatoms. The van der Waals surface area contributed by atoms with Crippen LogP contribution in [0.15, 0.2) is 29.2 Å². The predicted molar refractivity (Wildman–Crippen MR) is 78.3 cm³/mol. The van der Waals surface area contributed by atoms with E-state index in [1.807, 2.05) is 0 Å². The van der Waals surface area contributed by atoms with Gasteiger partial charge in [-0.05, 0) is 24.5 Å². The van der Waals surface area contributed by atoms with Crippen molar-refractivity contribution in [2.45, 2.75) is 49.3 Å². The number of nitrogens with zero attached hydrogens (tertiary/aromatic N) is 1. The monoisotopic (exact) mass is 311 g/mol. The third-order valence-corrected chi connectivity index (χ3v) is 6.44. The number of hydrogen-bond donors (Lipinski definition) is 1. The smallest absolute Gasteiger partial charge is 0.243 e. The molecule has 0 radical (unpaired) electrons. The molecule has 2 aliphatic rings. The molecule has 3 rings (SSSR count). The van der Waals surface area contributed by atoms with Crippen molar-refractivity contribution in [2.24, 2.45) is 0 Å². The van der Waals surface area contributed by atoms with E-state index in [4.69, 9.17) is 4.74 Å². The van der Waals surface area contributed by atoms with Crippen molar-refractivity contribution in [1.82, 2.24) is 4.31 Å². The third-order valence-electron chi connectivity index (χ3n) is 4.41. The molecule has 5 nitrogen and oxygen atoms in total. The summed E-state index contributed by atoms with van der Waals surface area (Å²) < 4.78 is 33.3. The quantitative estimate of drug-likeness (QED) is 0.919. The average Bonchev–Trinajstić information content (AvgIpc) is 2.54. The van der Waals surface area contributed by atoms with Crippen LogP contribution in [0.3, 0.4) is 0 Å². The summed E-state index contributed by atoms with van der Waals surface area (Å²) in [6.07, 6.45) is 3.94. The highest BCUT2D eigenvalue weighted by molar-refractivity contribution is 7.89. The van der Waals surface area contributed by atoms with Gasteiger partial charge in [0, 0.05) is 6.54 Å².